The third kappa shape index (κ3) is 4.87. The molecule has 52 heavy (non-hydrogen) atoms. The van der Waals surface area contributed by atoms with Crippen LogP contribution in [0.1, 0.15) is 5.56 Å². The van der Waals surface area contributed by atoms with Crippen LogP contribution < -0.4 is 0 Å². The maximum Gasteiger partial charge on any atom is 0.164 e. The van der Waals surface area contributed by atoms with Crippen molar-refractivity contribution in [3.8, 4) is 84.7 Å². The molecule has 0 radical (unpaired) electrons. The molecule has 1 aromatic heterocycles. The highest BCUT2D eigenvalue weighted by molar-refractivity contribution is 6.22. The first kappa shape index (κ1) is 29.7. The fourth-order valence-electron chi connectivity index (χ4n) is 7.63. The highest BCUT2D eigenvalue weighted by Crippen LogP contribution is 2.52. The van der Waals surface area contributed by atoms with Gasteiger partial charge in [0.1, 0.15) is 0 Å². The number of nitriles is 1. The lowest BCUT2D eigenvalue weighted by Gasteiger charge is -2.16. The van der Waals surface area contributed by atoms with Gasteiger partial charge in [-0.05, 0) is 90.3 Å². The molecule has 10 rings (SSSR count). The van der Waals surface area contributed by atoms with E-state index in [2.05, 4.69) is 97.1 Å². The summed E-state index contributed by atoms with van der Waals surface area (Å²) in [5.41, 5.74) is 12.9. The van der Waals surface area contributed by atoms with Gasteiger partial charge in [0.25, 0.3) is 0 Å². The summed E-state index contributed by atoms with van der Waals surface area (Å²) >= 11 is 0. The molecule has 4 heteroatoms. The summed E-state index contributed by atoms with van der Waals surface area (Å²) in [5, 5.41) is 14.2. The molecule has 4 nitrogen and oxygen atoms in total. The molecule has 0 bridgehead atoms. The Morgan fingerprint density at radius 3 is 1.42 bits per heavy atom. The van der Waals surface area contributed by atoms with E-state index >= 15 is 0 Å². The van der Waals surface area contributed by atoms with Crippen molar-refractivity contribution in [2.24, 2.45) is 0 Å². The van der Waals surface area contributed by atoms with E-state index in [-0.39, 0.29) is 0 Å². The van der Waals surface area contributed by atoms with Gasteiger partial charge in [-0.15, -0.1) is 0 Å². The largest absolute Gasteiger partial charge is 0.208 e. The van der Waals surface area contributed by atoms with Crippen LogP contribution in [0.15, 0.2) is 170 Å². The van der Waals surface area contributed by atoms with Crippen molar-refractivity contribution in [1.29, 1.82) is 5.26 Å². The van der Waals surface area contributed by atoms with Crippen LogP contribution in [0.2, 0.25) is 0 Å². The lowest BCUT2D eigenvalue weighted by Crippen LogP contribution is -2.00. The van der Waals surface area contributed by atoms with Crippen molar-refractivity contribution in [2.45, 2.75) is 0 Å². The van der Waals surface area contributed by atoms with E-state index in [4.69, 9.17) is 15.0 Å². The second kappa shape index (κ2) is 12.0. The van der Waals surface area contributed by atoms with E-state index in [1.54, 1.807) is 0 Å². The maximum atomic E-state index is 9.63. The van der Waals surface area contributed by atoms with Gasteiger partial charge in [0.2, 0.25) is 0 Å². The molecule has 0 saturated carbocycles. The van der Waals surface area contributed by atoms with Gasteiger partial charge in [-0.2, -0.15) is 5.26 Å². The quantitative estimate of drug-likeness (QED) is 0.184. The zero-order chi connectivity index (χ0) is 34.6. The number of hydrogen-bond donors (Lipinski definition) is 0. The fourth-order valence-corrected chi connectivity index (χ4v) is 7.63. The Kier molecular flexibility index (Phi) is 6.84. The molecule has 0 spiro atoms. The average Bonchev–Trinajstić information content (AvgIpc) is 3.55. The third-order valence-corrected chi connectivity index (χ3v) is 10.1. The number of rotatable bonds is 5. The first-order valence-corrected chi connectivity index (χ1v) is 17.3. The number of fused-ring (bicyclic) bond motifs is 4. The molecule has 9 aromatic rings. The molecule has 0 aliphatic heterocycles. The van der Waals surface area contributed by atoms with Gasteiger partial charge in [0.15, 0.2) is 17.5 Å². The molecule has 1 aliphatic rings. The van der Waals surface area contributed by atoms with Crippen molar-refractivity contribution in [3.05, 3.63) is 175 Å². The summed E-state index contributed by atoms with van der Waals surface area (Å²) < 4.78 is 0. The van der Waals surface area contributed by atoms with Gasteiger partial charge >= 0.3 is 0 Å². The lowest BCUT2D eigenvalue weighted by atomic mass is 9.87. The Labute approximate surface area is 301 Å². The molecular weight excluding hydrogens is 633 g/mol. The van der Waals surface area contributed by atoms with E-state index in [1.807, 2.05) is 78.9 Å². The number of hydrogen-bond acceptors (Lipinski definition) is 4. The van der Waals surface area contributed by atoms with Crippen LogP contribution in [0, 0.1) is 11.3 Å². The second-order valence-corrected chi connectivity index (χ2v) is 13.1. The van der Waals surface area contributed by atoms with Gasteiger partial charge in [-0.1, -0.05) is 146 Å². The van der Waals surface area contributed by atoms with E-state index in [0.717, 1.165) is 49.7 Å². The minimum atomic E-state index is 0.621. The predicted octanol–water partition coefficient (Wildman–Crippen LogP) is 12.0. The predicted molar refractivity (Wildman–Crippen MR) is 211 cm³/mol. The lowest BCUT2D eigenvalue weighted by molar-refractivity contribution is 1.07. The van der Waals surface area contributed by atoms with Crippen LogP contribution in [0.4, 0.5) is 0 Å². The van der Waals surface area contributed by atoms with Gasteiger partial charge in [-0.25, -0.2) is 15.0 Å². The van der Waals surface area contributed by atoms with Gasteiger partial charge in [-0.3, -0.25) is 0 Å². The highest BCUT2D eigenvalue weighted by atomic mass is 15.0. The fraction of sp³-hybridized carbons (Fsp3) is 0. The summed E-state index contributed by atoms with van der Waals surface area (Å²) in [4.78, 5) is 15.0. The van der Waals surface area contributed by atoms with Crippen LogP contribution in [-0.2, 0) is 0 Å². The topological polar surface area (TPSA) is 62.5 Å². The monoisotopic (exact) mass is 660 g/mol. The summed E-state index contributed by atoms with van der Waals surface area (Å²) in [5.74, 6) is 1.89. The average molecular weight is 661 g/mol. The van der Waals surface area contributed by atoms with Crippen molar-refractivity contribution in [2.75, 3.05) is 0 Å². The minimum Gasteiger partial charge on any atom is -0.208 e. The highest BCUT2D eigenvalue weighted by Gasteiger charge is 2.25. The molecule has 240 valence electrons. The van der Waals surface area contributed by atoms with Crippen molar-refractivity contribution in [3.63, 3.8) is 0 Å². The molecule has 1 aliphatic carbocycles. The smallest absolute Gasteiger partial charge is 0.164 e. The zero-order valence-corrected chi connectivity index (χ0v) is 28.0. The van der Waals surface area contributed by atoms with Crippen LogP contribution in [0.3, 0.4) is 0 Å². The van der Waals surface area contributed by atoms with Crippen molar-refractivity contribution in [1.82, 2.24) is 15.0 Å². The van der Waals surface area contributed by atoms with Gasteiger partial charge in [0, 0.05) is 16.7 Å². The molecule has 1 heterocycles. The molecule has 0 saturated heterocycles. The zero-order valence-electron chi connectivity index (χ0n) is 28.0. The number of benzene rings is 8. The molecule has 0 N–H and O–H groups in total. The molecule has 0 unspecified atom stereocenters. The standard InChI is InChI=1S/C48H28N4/c49-29-30-18-19-31-20-21-35(28-37(31)26-30)39-23-25-43-41-17-8-7-16-40(41)42-24-22-38(44(39)45(42)43)34-14-9-15-36(27-34)48-51-46(32-10-3-1-4-11-32)50-47(52-48)33-12-5-2-6-13-33/h1-28H. The number of aromatic nitrogens is 3. The first-order valence-electron chi connectivity index (χ1n) is 17.3. The van der Waals surface area contributed by atoms with Crippen molar-refractivity contribution < 1.29 is 0 Å². The number of nitrogens with zero attached hydrogens (tertiary/aromatic N) is 4. The Balaban J connectivity index is 1.20. The second-order valence-electron chi connectivity index (χ2n) is 13.1. The molecule has 0 atom stereocenters. The van der Waals surface area contributed by atoms with Crippen LogP contribution >= 0.6 is 0 Å². The Hall–Kier alpha value is -7.22. The molecule has 0 amide bonds. The van der Waals surface area contributed by atoms with Crippen molar-refractivity contribution >= 4 is 21.5 Å². The Morgan fingerprint density at radius 2 is 0.808 bits per heavy atom. The van der Waals surface area contributed by atoms with Gasteiger partial charge in [0.05, 0.1) is 11.6 Å². The van der Waals surface area contributed by atoms with E-state index in [1.165, 1.54) is 33.0 Å². The summed E-state index contributed by atoms with van der Waals surface area (Å²) in [6, 6.07) is 61.2. The van der Waals surface area contributed by atoms with Crippen LogP contribution in [0.25, 0.3) is 100 Å². The van der Waals surface area contributed by atoms with E-state index in [0.29, 0.717) is 23.0 Å². The van der Waals surface area contributed by atoms with Crippen LogP contribution in [-0.4, -0.2) is 15.0 Å². The molecule has 0 fully saturated rings. The third-order valence-electron chi connectivity index (χ3n) is 10.1. The molecular formula is C48H28N4. The Morgan fingerprint density at radius 1 is 0.327 bits per heavy atom. The summed E-state index contributed by atoms with van der Waals surface area (Å²) in [6.07, 6.45) is 0. The Bertz CT molecular complexity index is 2820. The normalized spacial score (nSPS) is 11.4. The van der Waals surface area contributed by atoms with E-state index < -0.39 is 0 Å². The molecule has 8 aromatic carbocycles. The maximum absolute atomic E-state index is 9.63. The van der Waals surface area contributed by atoms with E-state index in [9.17, 15) is 5.26 Å². The van der Waals surface area contributed by atoms with Gasteiger partial charge < -0.3 is 0 Å². The summed E-state index contributed by atoms with van der Waals surface area (Å²) in [7, 11) is 0. The van der Waals surface area contributed by atoms with Crippen LogP contribution in [0.5, 0.6) is 0 Å². The minimum absolute atomic E-state index is 0.621. The summed E-state index contributed by atoms with van der Waals surface area (Å²) in [6.45, 7) is 0. The SMILES string of the molecule is N#Cc1ccc2ccc(-c3ccc4c5c(ccc(-c6cccc(-c7nc(-c8ccccc8)nc(-c8ccccc8)n7)c6)c35)-c3ccccc3-4)cc2c1. The first-order chi connectivity index (χ1) is 25.7.